The van der Waals surface area contributed by atoms with Gasteiger partial charge in [0.05, 0.1) is 5.52 Å². The van der Waals surface area contributed by atoms with Gasteiger partial charge in [0.2, 0.25) is 5.91 Å². The Morgan fingerprint density at radius 3 is 2.74 bits per heavy atom. The molecule has 1 N–H and O–H groups in total. The van der Waals surface area contributed by atoms with Crippen molar-refractivity contribution in [2.45, 2.75) is 64.0 Å². The Morgan fingerprint density at radius 1 is 1.06 bits per heavy atom. The van der Waals surface area contributed by atoms with Crippen LogP contribution in [-0.2, 0) is 24.2 Å². The van der Waals surface area contributed by atoms with Crippen LogP contribution in [0.15, 0.2) is 46.1 Å². The van der Waals surface area contributed by atoms with E-state index in [0.29, 0.717) is 18.5 Å². The molecule has 1 aromatic carbocycles. The van der Waals surface area contributed by atoms with Crippen LogP contribution in [0.1, 0.15) is 55.8 Å². The van der Waals surface area contributed by atoms with E-state index in [0.717, 1.165) is 60.7 Å². The summed E-state index contributed by atoms with van der Waals surface area (Å²) in [6.45, 7) is -0.0841. The second-order valence-electron chi connectivity index (χ2n) is 8.57. The van der Waals surface area contributed by atoms with Gasteiger partial charge in [0.25, 0.3) is 5.56 Å². The third-order valence-electron chi connectivity index (χ3n) is 6.56. The number of pyridine rings is 1. The molecule has 1 amide bonds. The van der Waals surface area contributed by atoms with Crippen molar-refractivity contribution in [3.63, 3.8) is 0 Å². The fourth-order valence-corrected chi connectivity index (χ4v) is 5.06. The third kappa shape index (κ3) is 3.69. The molecule has 31 heavy (non-hydrogen) atoms. The fraction of sp³-hybridized carbons (Fsp3) is 0.417. The zero-order valence-electron chi connectivity index (χ0n) is 17.5. The van der Waals surface area contributed by atoms with Gasteiger partial charge >= 0.3 is 5.69 Å². The summed E-state index contributed by atoms with van der Waals surface area (Å²) in [4.78, 5) is 43.6. The summed E-state index contributed by atoms with van der Waals surface area (Å²) in [5.41, 5.74) is 2.50. The average Bonchev–Trinajstić information content (AvgIpc) is 3.28. The van der Waals surface area contributed by atoms with Crippen molar-refractivity contribution in [2.24, 2.45) is 0 Å². The molecule has 0 spiro atoms. The van der Waals surface area contributed by atoms with E-state index in [2.05, 4.69) is 10.3 Å². The molecule has 2 aliphatic carbocycles. The first-order chi connectivity index (χ1) is 15.1. The first-order valence-corrected chi connectivity index (χ1v) is 11.1. The van der Waals surface area contributed by atoms with Gasteiger partial charge in [-0.1, -0.05) is 25.3 Å². The van der Waals surface area contributed by atoms with Crippen molar-refractivity contribution in [3.8, 4) is 0 Å². The van der Waals surface area contributed by atoms with Gasteiger partial charge in [0.15, 0.2) is 0 Å². The van der Waals surface area contributed by atoms with Crippen LogP contribution in [0.3, 0.4) is 0 Å². The normalized spacial score (nSPS) is 16.4. The van der Waals surface area contributed by atoms with Gasteiger partial charge in [0, 0.05) is 34.6 Å². The van der Waals surface area contributed by atoms with E-state index in [1.807, 2.05) is 30.3 Å². The summed E-state index contributed by atoms with van der Waals surface area (Å²) < 4.78 is 2.98. The molecule has 0 atom stereocenters. The van der Waals surface area contributed by atoms with Crippen LogP contribution in [-0.4, -0.2) is 20.0 Å². The minimum Gasteiger partial charge on any atom is -0.325 e. The van der Waals surface area contributed by atoms with Gasteiger partial charge in [0.1, 0.15) is 6.54 Å². The highest BCUT2D eigenvalue weighted by molar-refractivity contribution is 5.93. The first kappa shape index (κ1) is 19.7. The maximum atomic E-state index is 13.3. The number of benzene rings is 1. The Labute approximate surface area is 179 Å². The Kier molecular flexibility index (Phi) is 5.18. The number of nitrogens with one attached hydrogen (secondary N) is 1. The minimum atomic E-state index is -0.338. The van der Waals surface area contributed by atoms with Crippen molar-refractivity contribution in [2.75, 3.05) is 5.32 Å². The molecule has 7 nitrogen and oxygen atoms in total. The zero-order valence-corrected chi connectivity index (χ0v) is 17.5. The monoisotopic (exact) mass is 418 g/mol. The lowest BCUT2D eigenvalue weighted by molar-refractivity contribution is -0.116. The van der Waals surface area contributed by atoms with Crippen molar-refractivity contribution in [1.82, 2.24) is 14.1 Å². The van der Waals surface area contributed by atoms with Gasteiger partial charge in [-0.25, -0.2) is 4.79 Å². The number of nitrogens with zero attached hydrogens (tertiary/aromatic N) is 3. The van der Waals surface area contributed by atoms with Gasteiger partial charge in [-0.2, -0.15) is 0 Å². The van der Waals surface area contributed by atoms with Crippen LogP contribution in [0.5, 0.6) is 0 Å². The molecule has 2 aliphatic rings. The van der Waals surface area contributed by atoms with Crippen molar-refractivity contribution < 1.29 is 4.79 Å². The maximum absolute atomic E-state index is 13.3. The highest BCUT2D eigenvalue weighted by Crippen LogP contribution is 2.27. The van der Waals surface area contributed by atoms with E-state index in [1.54, 1.807) is 6.20 Å². The van der Waals surface area contributed by atoms with Crippen molar-refractivity contribution in [3.05, 3.63) is 68.6 Å². The lowest BCUT2D eigenvalue weighted by atomic mass is 9.95. The molecule has 0 aliphatic heterocycles. The molecule has 0 unspecified atom stereocenters. The summed E-state index contributed by atoms with van der Waals surface area (Å²) in [6, 6.07) is 9.28. The second kappa shape index (κ2) is 8.13. The smallest absolute Gasteiger partial charge is 0.325 e. The molecule has 3 aromatic rings. The molecule has 160 valence electrons. The zero-order chi connectivity index (χ0) is 21.4. The predicted octanol–water partition coefficient (Wildman–Crippen LogP) is 3.19. The molecule has 0 saturated heterocycles. The van der Waals surface area contributed by atoms with E-state index in [-0.39, 0.29) is 29.7 Å². The number of carbonyl (C=O) groups excluding carboxylic acids is 1. The van der Waals surface area contributed by atoms with Crippen molar-refractivity contribution in [1.29, 1.82) is 0 Å². The summed E-state index contributed by atoms with van der Waals surface area (Å²) in [7, 11) is 0. The van der Waals surface area contributed by atoms with E-state index in [9.17, 15) is 14.4 Å². The number of anilines is 1. The van der Waals surface area contributed by atoms with Gasteiger partial charge in [-0.15, -0.1) is 0 Å². The maximum Gasteiger partial charge on any atom is 0.331 e. The number of amides is 1. The average molecular weight is 418 g/mol. The lowest BCUT2D eigenvalue weighted by Gasteiger charge is -2.25. The SMILES string of the molecule is O=C(Cn1c2c(c(=O)n(C3CCCCC3)c1=O)CCC2)Nc1ccc2ncccc2c1. The summed E-state index contributed by atoms with van der Waals surface area (Å²) in [6.07, 6.45) is 8.84. The third-order valence-corrected chi connectivity index (χ3v) is 6.56. The molecule has 7 heteroatoms. The Bertz CT molecular complexity index is 1270. The number of carbonyl (C=O) groups is 1. The van der Waals surface area contributed by atoms with Gasteiger partial charge in [-0.05, 0) is 56.4 Å². The second-order valence-corrected chi connectivity index (χ2v) is 8.57. The number of hydrogen-bond acceptors (Lipinski definition) is 4. The minimum absolute atomic E-state index is 0.0538. The topological polar surface area (TPSA) is 86.0 Å². The quantitative estimate of drug-likeness (QED) is 0.705. The van der Waals surface area contributed by atoms with Gasteiger partial charge < -0.3 is 5.32 Å². The van der Waals surface area contributed by atoms with E-state index in [1.165, 1.54) is 9.13 Å². The standard InChI is InChI=1S/C24H26N4O3/c29-22(26-17-11-12-20-16(14-17)6-5-13-25-20)15-27-21-10-4-9-19(21)23(30)28(24(27)31)18-7-2-1-3-8-18/h5-6,11-14,18H,1-4,7-10,15H2,(H,26,29). The molecule has 1 saturated carbocycles. The Morgan fingerprint density at radius 2 is 1.90 bits per heavy atom. The summed E-state index contributed by atoms with van der Waals surface area (Å²) in [5, 5.41) is 3.84. The highest BCUT2D eigenvalue weighted by Gasteiger charge is 2.27. The van der Waals surface area contributed by atoms with Crippen LogP contribution >= 0.6 is 0 Å². The lowest BCUT2D eigenvalue weighted by Crippen LogP contribution is -2.46. The Balaban J connectivity index is 1.46. The van der Waals surface area contributed by atoms with Crippen molar-refractivity contribution >= 4 is 22.5 Å². The van der Waals surface area contributed by atoms with Crippen LogP contribution in [0, 0.1) is 0 Å². The van der Waals surface area contributed by atoms with E-state index >= 15 is 0 Å². The molecular weight excluding hydrogens is 392 g/mol. The Hall–Kier alpha value is -3.22. The van der Waals surface area contributed by atoms with Crippen LogP contribution in [0.25, 0.3) is 10.9 Å². The molecule has 0 radical (unpaired) electrons. The molecule has 0 bridgehead atoms. The number of aromatic nitrogens is 3. The number of hydrogen-bond donors (Lipinski definition) is 1. The molecule has 2 heterocycles. The largest absolute Gasteiger partial charge is 0.331 e. The van der Waals surface area contributed by atoms with Crippen LogP contribution in [0.4, 0.5) is 5.69 Å². The number of fused-ring (bicyclic) bond motifs is 2. The molecule has 5 rings (SSSR count). The van der Waals surface area contributed by atoms with E-state index in [4.69, 9.17) is 0 Å². The fourth-order valence-electron chi connectivity index (χ4n) is 5.06. The number of rotatable bonds is 4. The molecule has 2 aromatic heterocycles. The predicted molar refractivity (Wildman–Crippen MR) is 119 cm³/mol. The summed E-state index contributed by atoms with van der Waals surface area (Å²) in [5.74, 6) is -0.270. The summed E-state index contributed by atoms with van der Waals surface area (Å²) >= 11 is 0. The highest BCUT2D eigenvalue weighted by atomic mass is 16.2. The van der Waals surface area contributed by atoms with E-state index < -0.39 is 0 Å². The first-order valence-electron chi connectivity index (χ1n) is 11.1. The van der Waals surface area contributed by atoms with Gasteiger partial charge in [-0.3, -0.25) is 23.7 Å². The molecular formula is C24H26N4O3. The molecule has 1 fully saturated rings. The van der Waals surface area contributed by atoms with Crippen LogP contribution < -0.4 is 16.6 Å². The van der Waals surface area contributed by atoms with Crippen LogP contribution in [0.2, 0.25) is 0 Å².